The Kier molecular flexibility index (Phi) is 3.95. The lowest BCUT2D eigenvalue weighted by Gasteiger charge is -2.28. The van der Waals surface area contributed by atoms with Crippen molar-refractivity contribution < 1.29 is 9.21 Å². The molecule has 26 heavy (non-hydrogen) atoms. The van der Waals surface area contributed by atoms with Gasteiger partial charge in [0.2, 0.25) is 5.71 Å². The van der Waals surface area contributed by atoms with E-state index in [-0.39, 0.29) is 22.6 Å². The summed E-state index contributed by atoms with van der Waals surface area (Å²) < 4.78 is 7.02. The number of hydrogen-bond donors (Lipinski definition) is 0. The lowest BCUT2D eigenvalue weighted by Crippen LogP contribution is -2.36. The molecule has 1 aromatic carbocycles. The standard InChI is InChI=1S/C20H19N3O3/c1-3-9-23-12-21-18-17(20(23)25)16(13(2)26-18)19(24)22-10-8-14-6-4-5-7-15(14)11-22/h3-7,12H,1,8-11H2,2H3. The summed E-state index contributed by atoms with van der Waals surface area (Å²) in [7, 11) is 0. The van der Waals surface area contributed by atoms with Crippen LogP contribution < -0.4 is 5.56 Å². The van der Waals surface area contributed by atoms with Gasteiger partial charge in [-0.15, -0.1) is 6.58 Å². The van der Waals surface area contributed by atoms with Crippen molar-refractivity contribution in [1.29, 1.82) is 0 Å². The summed E-state index contributed by atoms with van der Waals surface area (Å²) in [6.07, 6.45) is 3.83. The molecule has 6 heteroatoms. The van der Waals surface area contributed by atoms with E-state index < -0.39 is 0 Å². The van der Waals surface area contributed by atoms with Crippen LogP contribution in [0.15, 0.2) is 52.5 Å². The molecule has 2 aromatic heterocycles. The number of aromatic nitrogens is 2. The summed E-state index contributed by atoms with van der Waals surface area (Å²) in [5.74, 6) is 0.232. The van der Waals surface area contributed by atoms with Crippen LogP contribution in [-0.2, 0) is 19.5 Å². The van der Waals surface area contributed by atoms with E-state index in [1.807, 2.05) is 18.2 Å². The minimum absolute atomic E-state index is 0.189. The van der Waals surface area contributed by atoms with Crippen LogP contribution in [0.3, 0.4) is 0 Å². The highest BCUT2D eigenvalue weighted by Crippen LogP contribution is 2.26. The Bertz CT molecular complexity index is 1080. The lowest BCUT2D eigenvalue weighted by molar-refractivity contribution is 0.0734. The number of allylic oxidation sites excluding steroid dienone is 1. The van der Waals surface area contributed by atoms with Crippen molar-refractivity contribution in [3.05, 3.63) is 76.1 Å². The van der Waals surface area contributed by atoms with Gasteiger partial charge in [0.25, 0.3) is 11.5 Å². The van der Waals surface area contributed by atoms with E-state index in [0.717, 1.165) is 12.0 Å². The van der Waals surface area contributed by atoms with Crippen molar-refractivity contribution in [2.75, 3.05) is 6.54 Å². The molecule has 1 aliphatic rings. The zero-order chi connectivity index (χ0) is 18.3. The molecular weight excluding hydrogens is 330 g/mol. The number of rotatable bonds is 3. The predicted molar refractivity (Wildman–Crippen MR) is 98.1 cm³/mol. The average Bonchev–Trinajstić information content (AvgIpc) is 3.00. The van der Waals surface area contributed by atoms with Gasteiger partial charge in [-0.2, -0.15) is 0 Å². The third kappa shape index (κ3) is 2.54. The average molecular weight is 349 g/mol. The van der Waals surface area contributed by atoms with Gasteiger partial charge in [0.1, 0.15) is 17.5 Å². The number of aryl methyl sites for hydroxylation is 1. The van der Waals surface area contributed by atoms with Crippen molar-refractivity contribution in [2.45, 2.75) is 26.4 Å². The molecule has 0 N–H and O–H groups in total. The number of carbonyl (C=O) groups excluding carboxylic acids is 1. The van der Waals surface area contributed by atoms with Crippen LogP contribution in [-0.4, -0.2) is 26.9 Å². The van der Waals surface area contributed by atoms with Gasteiger partial charge < -0.3 is 9.32 Å². The fourth-order valence-corrected chi connectivity index (χ4v) is 3.49. The first kappa shape index (κ1) is 16.3. The Morgan fingerprint density at radius 1 is 1.35 bits per heavy atom. The Balaban J connectivity index is 1.78. The first-order valence-electron chi connectivity index (χ1n) is 8.55. The number of hydrogen-bond acceptors (Lipinski definition) is 4. The summed E-state index contributed by atoms with van der Waals surface area (Å²) in [5, 5.41) is 0.246. The zero-order valence-electron chi connectivity index (χ0n) is 14.6. The largest absolute Gasteiger partial charge is 0.442 e. The maximum absolute atomic E-state index is 13.2. The predicted octanol–water partition coefficient (Wildman–Crippen LogP) is 2.68. The SMILES string of the molecule is C=CCn1cnc2oc(C)c(C(=O)N3CCc4ccccc4C3)c2c1=O. The van der Waals surface area contributed by atoms with Crippen LogP contribution >= 0.6 is 0 Å². The van der Waals surface area contributed by atoms with Crippen LogP contribution in [0.1, 0.15) is 27.2 Å². The third-order valence-electron chi connectivity index (χ3n) is 4.81. The number of nitrogens with zero attached hydrogens (tertiary/aromatic N) is 3. The maximum atomic E-state index is 13.2. The summed E-state index contributed by atoms with van der Waals surface area (Å²) in [4.78, 5) is 31.9. The zero-order valence-corrected chi connectivity index (χ0v) is 14.6. The van der Waals surface area contributed by atoms with E-state index in [1.165, 1.54) is 16.5 Å². The molecule has 0 aliphatic carbocycles. The van der Waals surface area contributed by atoms with Gasteiger partial charge >= 0.3 is 0 Å². The molecule has 0 unspecified atom stereocenters. The third-order valence-corrected chi connectivity index (χ3v) is 4.81. The fourth-order valence-electron chi connectivity index (χ4n) is 3.49. The summed E-state index contributed by atoms with van der Waals surface area (Å²) >= 11 is 0. The summed E-state index contributed by atoms with van der Waals surface area (Å²) in [5.41, 5.74) is 2.64. The molecule has 0 fully saturated rings. The van der Waals surface area contributed by atoms with Crippen molar-refractivity contribution in [1.82, 2.24) is 14.5 Å². The van der Waals surface area contributed by atoms with Crippen LogP contribution in [0.25, 0.3) is 11.1 Å². The quantitative estimate of drug-likeness (QED) is 0.682. The number of amides is 1. The lowest BCUT2D eigenvalue weighted by atomic mass is 9.99. The van der Waals surface area contributed by atoms with E-state index in [2.05, 4.69) is 17.6 Å². The molecule has 0 bridgehead atoms. The van der Waals surface area contributed by atoms with Crippen LogP contribution in [0.4, 0.5) is 0 Å². The smallest absolute Gasteiger partial charge is 0.265 e. The molecule has 1 aliphatic heterocycles. The second-order valence-electron chi connectivity index (χ2n) is 6.45. The number of furan rings is 1. The van der Waals surface area contributed by atoms with Gasteiger partial charge in [-0.3, -0.25) is 14.2 Å². The maximum Gasteiger partial charge on any atom is 0.265 e. The molecule has 0 spiro atoms. The molecule has 1 amide bonds. The Hall–Kier alpha value is -3.15. The molecule has 132 valence electrons. The Labute approximate surface area is 150 Å². The highest BCUT2D eigenvalue weighted by Gasteiger charge is 2.28. The van der Waals surface area contributed by atoms with Gasteiger partial charge in [0.05, 0.1) is 5.56 Å². The molecular formula is C20H19N3O3. The molecule has 0 radical (unpaired) electrons. The van der Waals surface area contributed by atoms with Crippen LogP contribution in [0.2, 0.25) is 0 Å². The molecule has 6 nitrogen and oxygen atoms in total. The highest BCUT2D eigenvalue weighted by molar-refractivity contribution is 6.06. The minimum Gasteiger partial charge on any atom is -0.442 e. The second kappa shape index (κ2) is 6.29. The molecule has 0 atom stereocenters. The van der Waals surface area contributed by atoms with Crippen molar-refractivity contribution >= 4 is 17.0 Å². The Morgan fingerprint density at radius 3 is 2.88 bits per heavy atom. The van der Waals surface area contributed by atoms with Crippen molar-refractivity contribution in [3.8, 4) is 0 Å². The van der Waals surface area contributed by atoms with E-state index in [4.69, 9.17) is 4.42 Å². The van der Waals surface area contributed by atoms with Crippen LogP contribution in [0, 0.1) is 6.92 Å². The van der Waals surface area contributed by atoms with Gasteiger partial charge in [-0.05, 0) is 24.5 Å². The van der Waals surface area contributed by atoms with Gasteiger partial charge in [-0.25, -0.2) is 4.98 Å². The van der Waals surface area contributed by atoms with E-state index in [9.17, 15) is 9.59 Å². The van der Waals surface area contributed by atoms with Gasteiger partial charge in [0, 0.05) is 19.6 Å². The molecule has 4 rings (SSSR count). The van der Waals surface area contributed by atoms with Crippen molar-refractivity contribution in [3.63, 3.8) is 0 Å². The molecule has 3 aromatic rings. The first-order chi connectivity index (χ1) is 12.6. The molecule has 0 saturated carbocycles. The van der Waals surface area contributed by atoms with E-state index in [0.29, 0.717) is 31.0 Å². The minimum atomic E-state index is -0.285. The van der Waals surface area contributed by atoms with Crippen LogP contribution in [0.5, 0.6) is 0 Å². The number of fused-ring (bicyclic) bond motifs is 2. The summed E-state index contributed by atoms with van der Waals surface area (Å²) in [6, 6.07) is 8.11. The fraction of sp³-hybridized carbons (Fsp3) is 0.250. The first-order valence-corrected chi connectivity index (χ1v) is 8.55. The van der Waals surface area contributed by atoms with Gasteiger partial charge in [0.15, 0.2) is 0 Å². The summed E-state index contributed by atoms with van der Waals surface area (Å²) in [6.45, 7) is 6.82. The Morgan fingerprint density at radius 2 is 2.12 bits per heavy atom. The van der Waals surface area contributed by atoms with Gasteiger partial charge in [-0.1, -0.05) is 30.3 Å². The molecule has 0 saturated heterocycles. The topological polar surface area (TPSA) is 68.3 Å². The van der Waals surface area contributed by atoms with E-state index in [1.54, 1.807) is 17.9 Å². The second-order valence-corrected chi connectivity index (χ2v) is 6.45. The molecule has 3 heterocycles. The number of carbonyl (C=O) groups is 1. The number of benzene rings is 1. The normalized spacial score (nSPS) is 13.7. The van der Waals surface area contributed by atoms with Crippen molar-refractivity contribution in [2.24, 2.45) is 0 Å². The van der Waals surface area contributed by atoms with E-state index >= 15 is 0 Å². The highest BCUT2D eigenvalue weighted by atomic mass is 16.3. The monoisotopic (exact) mass is 349 g/mol.